The maximum absolute atomic E-state index is 9.63. The number of nitrogens with zero attached hydrogens (tertiary/aromatic N) is 1. The number of oxime groups is 1. The zero-order valence-corrected chi connectivity index (χ0v) is 15.5. The topological polar surface area (TPSA) is 60.4 Å². The van der Waals surface area contributed by atoms with Gasteiger partial charge in [0.2, 0.25) is 0 Å². The molecular formula is C22H18ClN3O. The van der Waals surface area contributed by atoms with Gasteiger partial charge < -0.3 is 15.5 Å². The fourth-order valence-corrected chi connectivity index (χ4v) is 3.39. The fourth-order valence-electron chi connectivity index (χ4n) is 3.12. The molecule has 0 bridgehead atoms. The highest BCUT2D eigenvalue weighted by Crippen LogP contribution is 2.28. The zero-order chi connectivity index (χ0) is 18.8. The predicted molar refractivity (Wildman–Crippen MR) is 112 cm³/mol. The average Bonchev–Trinajstić information content (AvgIpc) is 3.14. The number of para-hydroxylation sites is 1. The number of aromatic amines is 1. The average molecular weight is 376 g/mol. The van der Waals surface area contributed by atoms with Crippen LogP contribution >= 0.6 is 11.6 Å². The van der Waals surface area contributed by atoms with E-state index < -0.39 is 0 Å². The number of rotatable bonds is 4. The molecule has 0 aliphatic heterocycles. The molecule has 1 heterocycles. The van der Waals surface area contributed by atoms with E-state index in [-0.39, 0.29) is 0 Å². The molecule has 1 aromatic heterocycles. The van der Waals surface area contributed by atoms with E-state index in [0.717, 1.165) is 33.4 Å². The largest absolute Gasteiger partial charge is 0.410 e. The van der Waals surface area contributed by atoms with Gasteiger partial charge in [0, 0.05) is 39.6 Å². The molecule has 27 heavy (non-hydrogen) atoms. The lowest BCUT2D eigenvalue weighted by molar-refractivity contribution is 0.319. The maximum Gasteiger partial charge on any atom is 0.118 e. The van der Waals surface area contributed by atoms with Crippen molar-refractivity contribution in [3.05, 3.63) is 94.6 Å². The Kier molecular flexibility index (Phi) is 4.57. The van der Waals surface area contributed by atoms with Gasteiger partial charge in [-0.05, 0) is 55.0 Å². The quantitative estimate of drug-likeness (QED) is 0.229. The molecule has 134 valence electrons. The molecule has 3 N–H and O–H groups in total. The molecule has 0 atom stereocenters. The SMILES string of the molecule is Cc1ccccc1Nc1ccc(C(=NO)c2ccc3[nH]ccc3c2)c(Cl)c1. The van der Waals surface area contributed by atoms with Crippen LogP contribution in [-0.4, -0.2) is 15.9 Å². The van der Waals surface area contributed by atoms with Gasteiger partial charge in [-0.25, -0.2) is 0 Å². The van der Waals surface area contributed by atoms with Crippen molar-refractivity contribution >= 4 is 39.6 Å². The highest BCUT2D eigenvalue weighted by Gasteiger charge is 2.13. The molecule has 0 amide bonds. The fraction of sp³-hybridized carbons (Fsp3) is 0.0455. The first-order valence-corrected chi connectivity index (χ1v) is 8.95. The Morgan fingerprint density at radius 3 is 2.67 bits per heavy atom. The van der Waals surface area contributed by atoms with E-state index in [1.165, 1.54) is 0 Å². The number of anilines is 2. The van der Waals surface area contributed by atoms with Crippen LogP contribution in [0.15, 0.2) is 78.1 Å². The smallest absolute Gasteiger partial charge is 0.118 e. The standard InChI is InChI=1S/C22H18ClN3O/c1-14-4-2-3-5-20(14)25-17-7-8-18(19(23)13-17)22(26-27)16-6-9-21-15(12-16)10-11-24-21/h2-13,24-25,27H,1H3. The summed E-state index contributed by atoms with van der Waals surface area (Å²) >= 11 is 6.52. The molecular weight excluding hydrogens is 358 g/mol. The van der Waals surface area contributed by atoms with Crippen LogP contribution in [-0.2, 0) is 0 Å². The van der Waals surface area contributed by atoms with Gasteiger partial charge in [-0.3, -0.25) is 0 Å². The van der Waals surface area contributed by atoms with E-state index in [0.29, 0.717) is 16.3 Å². The first kappa shape index (κ1) is 17.2. The number of hydrogen-bond acceptors (Lipinski definition) is 3. The first-order valence-electron chi connectivity index (χ1n) is 8.58. The molecule has 4 nitrogen and oxygen atoms in total. The Morgan fingerprint density at radius 2 is 1.89 bits per heavy atom. The molecule has 4 aromatic rings. The first-order chi connectivity index (χ1) is 13.2. The van der Waals surface area contributed by atoms with Crippen LogP contribution in [0.2, 0.25) is 5.02 Å². The number of nitrogens with one attached hydrogen (secondary N) is 2. The number of benzene rings is 3. The Labute approximate surface area is 162 Å². The summed E-state index contributed by atoms with van der Waals surface area (Å²) in [5, 5.41) is 18.1. The lowest BCUT2D eigenvalue weighted by Crippen LogP contribution is -2.05. The molecule has 4 rings (SSSR count). The third-order valence-corrected chi connectivity index (χ3v) is 4.89. The van der Waals surface area contributed by atoms with Crippen molar-refractivity contribution < 1.29 is 5.21 Å². The lowest BCUT2D eigenvalue weighted by atomic mass is 10.0. The van der Waals surface area contributed by atoms with E-state index in [9.17, 15) is 5.21 Å². The normalized spacial score (nSPS) is 11.7. The zero-order valence-electron chi connectivity index (χ0n) is 14.7. The van der Waals surface area contributed by atoms with Crippen molar-refractivity contribution in [2.45, 2.75) is 6.92 Å². The lowest BCUT2D eigenvalue weighted by Gasteiger charge is -2.12. The molecule has 0 aliphatic carbocycles. The predicted octanol–water partition coefficient (Wildman–Crippen LogP) is 6.10. The maximum atomic E-state index is 9.63. The minimum Gasteiger partial charge on any atom is -0.410 e. The molecule has 0 saturated heterocycles. The van der Waals surface area contributed by atoms with Gasteiger partial charge in [0.15, 0.2) is 0 Å². The van der Waals surface area contributed by atoms with E-state index in [2.05, 4.69) is 15.5 Å². The van der Waals surface area contributed by atoms with Crippen molar-refractivity contribution in [1.29, 1.82) is 0 Å². The van der Waals surface area contributed by atoms with Gasteiger partial charge in [-0.1, -0.05) is 41.0 Å². The minimum absolute atomic E-state index is 0.436. The Balaban J connectivity index is 1.67. The van der Waals surface area contributed by atoms with Gasteiger partial charge in [0.25, 0.3) is 0 Å². The van der Waals surface area contributed by atoms with E-state index in [1.807, 2.05) is 79.9 Å². The summed E-state index contributed by atoms with van der Waals surface area (Å²) in [6, 6.07) is 21.5. The van der Waals surface area contributed by atoms with Crippen molar-refractivity contribution in [2.24, 2.45) is 5.16 Å². The van der Waals surface area contributed by atoms with Crippen molar-refractivity contribution in [1.82, 2.24) is 4.98 Å². The molecule has 0 aliphatic rings. The second-order valence-corrected chi connectivity index (χ2v) is 6.77. The summed E-state index contributed by atoms with van der Waals surface area (Å²) in [6.07, 6.45) is 1.88. The molecule has 0 saturated carbocycles. The van der Waals surface area contributed by atoms with Crippen LogP contribution in [0.5, 0.6) is 0 Å². The van der Waals surface area contributed by atoms with Crippen LogP contribution in [0, 0.1) is 6.92 Å². The number of aromatic nitrogens is 1. The van der Waals surface area contributed by atoms with Gasteiger partial charge in [0.05, 0.1) is 5.02 Å². The van der Waals surface area contributed by atoms with Gasteiger partial charge in [-0.15, -0.1) is 0 Å². The number of halogens is 1. The molecule has 0 spiro atoms. The molecule has 0 radical (unpaired) electrons. The minimum atomic E-state index is 0.436. The van der Waals surface area contributed by atoms with Gasteiger partial charge in [0.1, 0.15) is 5.71 Å². The number of hydrogen-bond donors (Lipinski definition) is 3. The summed E-state index contributed by atoms with van der Waals surface area (Å²) in [4.78, 5) is 3.15. The Hall–Kier alpha value is -3.24. The molecule has 5 heteroatoms. The van der Waals surface area contributed by atoms with Crippen LogP contribution in [0.3, 0.4) is 0 Å². The van der Waals surface area contributed by atoms with Crippen molar-refractivity contribution in [2.75, 3.05) is 5.32 Å². The van der Waals surface area contributed by atoms with Crippen LogP contribution in [0.1, 0.15) is 16.7 Å². The summed E-state index contributed by atoms with van der Waals surface area (Å²) in [7, 11) is 0. The van der Waals surface area contributed by atoms with Gasteiger partial charge in [-0.2, -0.15) is 0 Å². The molecule has 0 unspecified atom stereocenters. The second kappa shape index (κ2) is 7.17. The number of aryl methyl sites for hydroxylation is 1. The van der Waals surface area contributed by atoms with E-state index in [1.54, 1.807) is 0 Å². The molecule has 3 aromatic carbocycles. The number of fused-ring (bicyclic) bond motifs is 1. The van der Waals surface area contributed by atoms with Crippen molar-refractivity contribution in [3.63, 3.8) is 0 Å². The summed E-state index contributed by atoms with van der Waals surface area (Å²) in [6.45, 7) is 2.05. The van der Waals surface area contributed by atoms with E-state index >= 15 is 0 Å². The Morgan fingerprint density at radius 1 is 1.04 bits per heavy atom. The van der Waals surface area contributed by atoms with Crippen LogP contribution < -0.4 is 5.32 Å². The van der Waals surface area contributed by atoms with Crippen LogP contribution in [0.25, 0.3) is 10.9 Å². The Bertz CT molecular complexity index is 1150. The highest BCUT2D eigenvalue weighted by atomic mass is 35.5. The number of H-pyrrole nitrogens is 1. The second-order valence-electron chi connectivity index (χ2n) is 6.36. The third kappa shape index (κ3) is 3.39. The van der Waals surface area contributed by atoms with Crippen molar-refractivity contribution in [3.8, 4) is 0 Å². The van der Waals surface area contributed by atoms with E-state index in [4.69, 9.17) is 11.6 Å². The summed E-state index contributed by atoms with van der Waals surface area (Å²) in [5.74, 6) is 0. The summed E-state index contributed by atoms with van der Waals surface area (Å²) < 4.78 is 0. The monoisotopic (exact) mass is 375 g/mol. The highest BCUT2D eigenvalue weighted by molar-refractivity contribution is 6.35. The van der Waals surface area contributed by atoms with Crippen LogP contribution in [0.4, 0.5) is 11.4 Å². The van der Waals surface area contributed by atoms with Gasteiger partial charge >= 0.3 is 0 Å². The molecule has 0 fully saturated rings. The third-order valence-electron chi connectivity index (χ3n) is 4.58. The summed E-state index contributed by atoms with van der Waals surface area (Å²) in [5.41, 5.74) is 5.97.